The third kappa shape index (κ3) is 5.75. The summed E-state index contributed by atoms with van der Waals surface area (Å²) in [5.74, 6) is 14.1. The molecule has 11 aliphatic rings. The van der Waals surface area contributed by atoms with Crippen LogP contribution in [0.25, 0.3) is 11.3 Å². The molecule has 305 valence electrons. The van der Waals surface area contributed by atoms with E-state index in [2.05, 4.69) is 0 Å². The van der Waals surface area contributed by atoms with E-state index in [0.717, 1.165) is 76.3 Å². The number of aromatic nitrogens is 8. The van der Waals surface area contributed by atoms with Crippen LogP contribution in [0.15, 0.2) is 0 Å². The summed E-state index contributed by atoms with van der Waals surface area (Å²) in [4.78, 5) is 45.3. The third-order valence-corrected chi connectivity index (χ3v) is 18.7. The normalized spacial score (nSPS) is 40.9. The van der Waals surface area contributed by atoms with Crippen molar-refractivity contribution < 1.29 is 17.1 Å². The molecule has 3 aliphatic heterocycles. The second kappa shape index (κ2) is 14.4. The van der Waals surface area contributed by atoms with E-state index >= 15 is 0 Å². The molecule has 14 atom stereocenters. The molecular weight excluding hydrogens is 752 g/mol. The van der Waals surface area contributed by atoms with Gasteiger partial charge in [-0.3, -0.25) is 9.97 Å². The molecule has 8 bridgehead atoms. The van der Waals surface area contributed by atoms with Gasteiger partial charge >= 0.3 is 17.1 Å². The predicted molar refractivity (Wildman–Crippen MR) is 215 cm³/mol. The summed E-state index contributed by atoms with van der Waals surface area (Å²) in [6.07, 6.45) is 31.3. The molecule has 1 radical (unpaired) electrons. The number of aryl methyl sites for hydroxylation is 1. The molecule has 14 unspecified atom stereocenters. The fraction of sp³-hybridized carbons (Fsp3) is 0.792. The molecule has 0 N–H and O–H groups in total. The molecule has 57 heavy (non-hydrogen) atoms. The molecule has 2 aromatic rings. The Hall–Kier alpha value is -2.38. The standard InChI is InChI=1S/C48H62N8.Cu/c1-5-13-29-25(9-1)17-21-33-37(29)45-49-41(33)54-46-39-31-15-7-3-11-27(31)19-23-35(39)43(51-46)56-48-40-32-16-8-4-12-28(32)20-24-36(40)44(52-48)55-47-38-30-14-6-2-10-26(30)18-22-34(38)42(50-47)53-45;/h25-35,37-39H,1-24H2;/q-2;+2. The molecule has 8 nitrogen and oxygen atoms in total. The van der Waals surface area contributed by atoms with Gasteiger partial charge in [-0.05, 0) is 165 Å². The van der Waals surface area contributed by atoms with Crippen LogP contribution >= 0.6 is 0 Å². The summed E-state index contributed by atoms with van der Waals surface area (Å²) in [5.41, 5.74) is 4.73. The van der Waals surface area contributed by atoms with E-state index in [1.165, 1.54) is 159 Å². The Labute approximate surface area is 349 Å². The van der Waals surface area contributed by atoms with Crippen LogP contribution in [0.1, 0.15) is 235 Å². The summed E-state index contributed by atoms with van der Waals surface area (Å²) in [6.45, 7) is 0. The van der Waals surface area contributed by atoms with Crippen molar-refractivity contribution in [3.8, 4) is 0 Å². The number of rotatable bonds is 0. The molecule has 8 aliphatic carbocycles. The maximum atomic E-state index is 5.75. The third-order valence-electron chi connectivity index (χ3n) is 18.7. The number of hydrogen-bond donors (Lipinski definition) is 0. The first-order valence-electron chi connectivity index (χ1n) is 24.2. The van der Waals surface area contributed by atoms with Gasteiger partial charge in [-0.25, -0.2) is 0 Å². The number of hydrogen-bond acceptors (Lipinski definition) is 6. The Balaban J connectivity index is 0.00000356. The fourth-order valence-corrected chi connectivity index (χ4v) is 16.3. The Morgan fingerprint density at radius 1 is 0.351 bits per heavy atom. The van der Waals surface area contributed by atoms with E-state index in [1.54, 1.807) is 0 Å². The van der Waals surface area contributed by atoms with Crippen molar-refractivity contribution in [1.82, 2.24) is 39.9 Å². The van der Waals surface area contributed by atoms with Gasteiger partial charge in [0.05, 0.1) is 23.3 Å². The minimum absolute atomic E-state index is 0. The van der Waals surface area contributed by atoms with Gasteiger partial charge in [0.1, 0.15) is 0 Å². The largest absolute Gasteiger partial charge is 2.00 e. The quantitative estimate of drug-likeness (QED) is 0.242. The van der Waals surface area contributed by atoms with E-state index in [-0.39, 0.29) is 17.1 Å². The second-order valence-corrected chi connectivity index (χ2v) is 21.0. The topological polar surface area (TPSA) is 106 Å². The molecule has 13 rings (SSSR count). The smallest absolute Gasteiger partial charge is 0.366 e. The fourth-order valence-electron chi connectivity index (χ4n) is 16.3. The van der Waals surface area contributed by atoms with Crippen LogP contribution < -0.4 is 9.97 Å². The van der Waals surface area contributed by atoms with Crippen LogP contribution in [-0.4, -0.2) is 29.9 Å². The monoisotopic (exact) mass is 813 g/mol. The van der Waals surface area contributed by atoms with Crippen molar-refractivity contribution in [2.45, 2.75) is 196 Å². The molecule has 0 saturated heterocycles. The van der Waals surface area contributed by atoms with Crippen LogP contribution in [0.4, 0.5) is 0 Å². The maximum Gasteiger partial charge on any atom is 2.00 e. The molecule has 0 spiro atoms. The Morgan fingerprint density at radius 2 is 0.860 bits per heavy atom. The molecular formula is C48H62CuN8. The summed E-state index contributed by atoms with van der Waals surface area (Å²) in [5, 5.41) is 0. The summed E-state index contributed by atoms with van der Waals surface area (Å²) < 4.78 is 0. The van der Waals surface area contributed by atoms with Crippen LogP contribution in [-0.2, 0) is 23.5 Å². The summed E-state index contributed by atoms with van der Waals surface area (Å²) >= 11 is 0. The first-order chi connectivity index (χ1) is 27.7. The molecule has 2 aromatic heterocycles. The maximum absolute atomic E-state index is 5.75. The van der Waals surface area contributed by atoms with Crippen molar-refractivity contribution in [1.29, 1.82) is 0 Å². The number of fused-ring (bicyclic) bond motifs is 28. The van der Waals surface area contributed by atoms with Gasteiger partial charge in [-0.15, -0.1) is 0 Å². The van der Waals surface area contributed by atoms with E-state index in [0.29, 0.717) is 59.2 Å². The molecule has 7 fully saturated rings. The van der Waals surface area contributed by atoms with E-state index in [4.69, 9.17) is 39.9 Å². The Bertz CT molecular complexity index is 2090. The molecule has 7 saturated carbocycles. The number of nitrogens with zero attached hydrogens (tertiary/aromatic N) is 8. The van der Waals surface area contributed by atoms with Crippen LogP contribution in [0.5, 0.6) is 0 Å². The van der Waals surface area contributed by atoms with Gasteiger partial charge in [0.2, 0.25) is 0 Å². The zero-order valence-electron chi connectivity index (χ0n) is 33.9. The van der Waals surface area contributed by atoms with Crippen molar-refractivity contribution >= 4 is 11.3 Å². The molecule has 9 heteroatoms. The van der Waals surface area contributed by atoms with Crippen LogP contribution in [0.2, 0.25) is 0 Å². The minimum Gasteiger partial charge on any atom is -0.366 e. The van der Waals surface area contributed by atoms with Crippen LogP contribution in [0.3, 0.4) is 0 Å². The SMILES string of the molecule is C1CCC2c3c(c4nc5nc(nc6[n-]c(nc7nc(nc3[n-]4)C3CCC4CCCCC4C73)C3CCC4CCCCC4C63)C3CCC4CCCCC4C53)CCC2C1.[Cu+2]. The first-order valence-corrected chi connectivity index (χ1v) is 24.2. The second-order valence-electron chi connectivity index (χ2n) is 21.0. The molecule has 5 heterocycles. The van der Waals surface area contributed by atoms with Gasteiger partial charge in [-0.2, -0.15) is 0 Å². The zero-order valence-corrected chi connectivity index (χ0v) is 34.9. The van der Waals surface area contributed by atoms with Gasteiger partial charge in [-0.1, -0.05) is 70.6 Å². The Morgan fingerprint density at radius 3 is 1.53 bits per heavy atom. The zero-order chi connectivity index (χ0) is 36.5. The summed E-state index contributed by atoms with van der Waals surface area (Å²) in [6, 6.07) is 0. The average Bonchev–Trinajstić information content (AvgIpc) is 3.99. The average molecular weight is 815 g/mol. The summed E-state index contributed by atoms with van der Waals surface area (Å²) in [7, 11) is 0. The van der Waals surface area contributed by atoms with Crippen molar-refractivity contribution in [2.24, 2.45) is 41.4 Å². The van der Waals surface area contributed by atoms with Gasteiger partial charge in [0.15, 0.2) is 0 Å². The van der Waals surface area contributed by atoms with Crippen LogP contribution in [0, 0.1) is 41.4 Å². The van der Waals surface area contributed by atoms with Crippen molar-refractivity contribution in [2.75, 3.05) is 0 Å². The van der Waals surface area contributed by atoms with Crippen molar-refractivity contribution in [3.05, 3.63) is 46.1 Å². The van der Waals surface area contributed by atoms with Gasteiger partial charge < -0.3 is 29.9 Å². The van der Waals surface area contributed by atoms with E-state index < -0.39 is 0 Å². The van der Waals surface area contributed by atoms with E-state index in [1.807, 2.05) is 0 Å². The molecule has 0 amide bonds. The first kappa shape index (κ1) is 36.5. The predicted octanol–water partition coefficient (Wildman–Crippen LogP) is 10.5. The van der Waals surface area contributed by atoms with Gasteiger partial charge in [0, 0.05) is 35.0 Å². The Kier molecular flexibility index (Phi) is 9.20. The molecule has 0 aromatic carbocycles. The minimum atomic E-state index is 0. The van der Waals surface area contributed by atoms with Crippen molar-refractivity contribution in [3.63, 3.8) is 0 Å². The van der Waals surface area contributed by atoms with E-state index in [9.17, 15) is 0 Å². The van der Waals surface area contributed by atoms with Gasteiger partial charge in [0.25, 0.3) is 0 Å².